The van der Waals surface area contributed by atoms with Crippen LogP contribution in [0.2, 0.25) is 0 Å². The van der Waals surface area contributed by atoms with Crippen LogP contribution in [0.4, 0.5) is 5.69 Å². The van der Waals surface area contributed by atoms with Gasteiger partial charge in [0.05, 0.1) is 6.61 Å². The maximum Gasteiger partial charge on any atom is 0.124 e. The van der Waals surface area contributed by atoms with Gasteiger partial charge in [0.25, 0.3) is 0 Å². The Bertz CT molecular complexity index is 731. The topological polar surface area (TPSA) is 21.3 Å². The van der Waals surface area contributed by atoms with Crippen LogP contribution in [0.5, 0.6) is 5.75 Å². The van der Waals surface area contributed by atoms with Gasteiger partial charge in [-0.15, -0.1) is 0 Å². The summed E-state index contributed by atoms with van der Waals surface area (Å²) in [7, 11) is 0. The minimum Gasteiger partial charge on any atom is -0.494 e. The Morgan fingerprint density at radius 3 is 2.52 bits per heavy atom. The lowest BCUT2D eigenvalue weighted by molar-refractivity contribution is 0.337. The molecule has 21 heavy (non-hydrogen) atoms. The van der Waals surface area contributed by atoms with Crippen molar-refractivity contribution < 1.29 is 4.74 Å². The van der Waals surface area contributed by atoms with Gasteiger partial charge in [0, 0.05) is 23.2 Å². The van der Waals surface area contributed by atoms with E-state index in [4.69, 9.17) is 4.74 Å². The van der Waals surface area contributed by atoms with E-state index in [-0.39, 0.29) is 0 Å². The average Bonchev–Trinajstić information content (AvgIpc) is 2.54. The van der Waals surface area contributed by atoms with Gasteiger partial charge in [-0.05, 0) is 24.4 Å². The summed E-state index contributed by atoms with van der Waals surface area (Å²) in [6.07, 6.45) is 0. The molecule has 0 saturated carbocycles. The maximum absolute atomic E-state index is 5.67. The number of rotatable bonds is 5. The molecule has 0 amide bonds. The molecule has 0 heterocycles. The van der Waals surface area contributed by atoms with E-state index in [1.54, 1.807) is 0 Å². The molecule has 0 atom stereocenters. The molecule has 0 aliphatic heterocycles. The van der Waals surface area contributed by atoms with Crippen LogP contribution in [-0.4, -0.2) is 6.61 Å². The Morgan fingerprint density at radius 1 is 0.857 bits per heavy atom. The van der Waals surface area contributed by atoms with Crippen molar-refractivity contribution in [1.29, 1.82) is 0 Å². The molecule has 3 aromatic rings. The molecule has 0 radical (unpaired) electrons. The van der Waals surface area contributed by atoms with Crippen molar-refractivity contribution in [3.63, 3.8) is 0 Å². The summed E-state index contributed by atoms with van der Waals surface area (Å²) >= 11 is 0. The van der Waals surface area contributed by atoms with Crippen molar-refractivity contribution in [2.75, 3.05) is 11.9 Å². The summed E-state index contributed by atoms with van der Waals surface area (Å²) in [5.74, 6) is 0.952. The summed E-state index contributed by atoms with van der Waals surface area (Å²) in [4.78, 5) is 0. The van der Waals surface area contributed by atoms with E-state index < -0.39 is 0 Å². The van der Waals surface area contributed by atoms with E-state index in [0.29, 0.717) is 6.61 Å². The fourth-order valence-electron chi connectivity index (χ4n) is 2.52. The van der Waals surface area contributed by atoms with E-state index in [0.717, 1.165) is 18.0 Å². The molecule has 2 nitrogen and oxygen atoms in total. The monoisotopic (exact) mass is 277 g/mol. The number of para-hydroxylation sites is 1. The Hall–Kier alpha value is -2.48. The second-order valence-electron chi connectivity index (χ2n) is 4.92. The molecule has 0 aliphatic carbocycles. The average molecular weight is 277 g/mol. The minimum absolute atomic E-state index is 0.686. The van der Waals surface area contributed by atoms with Crippen LogP contribution in [0.15, 0.2) is 66.7 Å². The summed E-state index contributed by atoms with van der Waals surface area (Å²) in [6.45, 7) is 3.45. The Balaban J connectivity index is 1.84. The second-order valence-corrected chi connectivity index (χ2v) is 4.92. The SMILES string of the molecule is CCOc1ccccc1CNc1cccc2ccccc12. The van der Waals surface area contributed by atoms with Gasteiger partial charge in [-0.3, -0.25) is 0 Å². The van der Waals surface area contributed by atoms with Crippen molar-refractivity contribution in [2.45, 2.75) is 13.5 Å². The van der Waals surface area contributed by atoms with E-state index in [9.17, 15) is 0 Å². The lowest BCUT2D eigenvalue weighted by Crippen LogP contribution is -2.03. The fraction of sp³-hybridized carbons (Fsp3) is 0.158. The molecule has 0 spiro atoms. The van der Waals surface area contributed by atoms with Gasteiger partial charge < -0.3 is 10.1 Å². The molecule has 0 fully saturated rings. The molecule has 0 unspecified atom stereocenters. The van der Waals surface area contributed by atoms with Gasteiger partial charge in [0.15, 0.2) is 0 Å². The zero-order valence-electron chi connectivity index (χ0n) is 12.2. The molecule has 1 N–H and O–H groups in total. The number of hydrogen-bond acceptors (Lipinski definition) is 2. The number of nitrogens with one attached hydrogen (secondary N) is 1. The second kappa shape index (κ2) is 6.31. The lowest BCUT2D eigenvalue weighted by Gasteiger charge is -2.13. The predicted octanol–water partition coefficient (Wildman–Crippen LogP) is 4.85. The third kappa shape index (κ3) is 3.00. The van der Waals surface area contributed by atoms with Crippen LogP contribution in [0.3, 0.4) is 0 Å². The predicted molar refractivity (Wildman–Crippen MR) is 88.9 cm³/mol. The molecular weight excluding hydrogens is 258 g/mol. The van der Waals surface area contributed by atoms with Crippen molar-refractivity contribution in [1.82, 2.24) is 0 Å². The number of hydrogen-bond donors (Lipinski definition) is 1. The molecule has 0 aliphatic rings. The van der Waals surface area contributed by atoms with Crippen LogP contribution >= 0.6 is 0 Å². The summed E-state index contributed by atoms with van der Waals surface area (Å²) < 4.78 is 5.67. The number of anilines is 1. The highest BCUT2D eigenvalue weighted by molar-refractivity contribution is 5.93. The highest BCUT2D eigenvalue weighted by atomic mass is 16.5. The maximum atomic E-state index is 5.67. The van der Waals surface area contributed by atoms with Crippen LogP contribution in [0, 0.1) is 0 Å². The summed E-state index contributed by atoms with van der Waals surface area (Å²) in [5, 5.41) is 6.02. The minimum atomic E-state index is 0.686. The molecule has 0 bridgehead atoms. The van der Waals surface area contributed by atoms with Gasteiger partial charge >= 0.3 is 0 Å². The summed E-state index contributed by atoms with van der Waals surface area (Å²) in [6, 6.07) is 22.9. The van der Waals surface area contributed by atoms with Gasteiger partial charge in [-0.25, -0.2) is 0 Å². The third-order valence-electron chi connectivity index (χ3n) is 3.53. The Kier molecular flexibility index (Phi) is 4.06. The van der Waals surface area contributed by atoms with E-state index in [2.05, 4.69) is 53.8 Å². The largest absolute Gasteiger partial charge is 0.494 e. The van der Waals surface area contributed by atoms with Crippen molar-refractivity contribution in [2.24, 2.45) is 0 Å². The van der Waals surface area contributed by atoms with Crippen molar-refractivity contribution in [3.8, 4) is 5.75 Å². The first-order chi connectivity index (χ1) is 10.4. The smallest absolute Gasteiger partial charge is 0.124 e. The zero-order chi connectivity index (χ0) is 14.5. The highest BCUT2D eigenvalue weighted by Crippen LogP contribution is 2.25. The fourth-order valence-corrected chi connectivity index (χ4v) is 2.52. The van der Waals surface area contributed by atoms with Gasteiger partial charge in [0.1, 0.15) is 5.75 Å². The molecular formula is C19H19NO. The molecule has 2 heteroatoms. The Labute approximate surface area is 125 Å². The third-order valence-corrected chi connectivity index (χ3v) is 3.53. The first kappa shape index (κ1) is 13.5. The first-order valence-corrected chi connectivity index (χ1v) is 7.31. The van der Waals surface area contributed by atoms with Crippen LogP contribution in [0.1, 0.15) is 12.5 Å². The first-order valence-electron chi connectivity index (χ1n) is 7.31. The number of ether oxygens (including phenoxy) is 1. The van der Waals surface area contributed by atoms with Gasteiger partial charge in [0.2, 0.25) is 0 Å². The van der Waals surface area contributed by atoms with E-state index in [1.807, 2.05) is 25.1 Å². The zero-order valence-corrected chi connectivity index (χ0v) is 12.2. The molecule has 0 saturated heterocycles. The van der Waals surface area contributed by atoms with Crippen LogP contribution in [0.25, 0.3) is 10.8 Å². The molecule has 3 rings (SSSR count). The van der Waals surface area contributed by atoms with Crippen LogP contribution in [-0.2, 0) is 6.54 Å². The molecule has 0 aromatic heterocycles. The molecule has 3 aromatic carbocycles. The Morgan fingerprint density at radius 2 is 1.62 bits per heavy atom. The van der Waals surface area contributed by atoms with Crippen molar-refractivity contribution >= 4 is 16.5 Å². The summed E-state index contributed by atoms with van der Waals surface area (Å²) in [5.41, 5.74) is 2.33. The quantitative estimate of drug-likeness (QED) is 0.719. The van der Waals surface area contributed by atoms with Crippen LogP contribution < -0.4 is 10.1 Å². The van der Waals surface area contributed by atoms with Crippen molar-refractivity contribution in [3.05, 3.63) is 72.3 Å². The number of benzene rings is 3. The lowest BCUT2D eigenvalue weighted by atomic mass is 10.1. The normalized spacial score (nSPS) is 10.5. The van der Waals surface area contributed by atoms with E-state index >= 15 is 0 Å². The van der Waals surface area contributed by atoms with Gasteiger partial charge in [-0.1, -0.05) is 54.6 Å². The number of fused-ring (bicyclic) bond motifs is 1. The molecule has 106 valence electrons. The van der Waals surface area contributed by atoms with Gasteiger partial charge in [-0.2, -0.15) is 0 Å². The van der Waals surface area contributed by atoms with E-state index in [1.165, 1.54) is 16.3 Å². The highest BCUT2D eigenvalue weighted by Gasteiger charge is 2.04. The standard InChI is InChI=1S/C19H19NO/c1-2-21-19-13-6-4-9-16(19)14-20-18-12-7-10-15-8-3-5-11-17(15)18/h3-13,20H,2,14H2,1H3.